The number of hydrogen-bond donors (Lipinski definition) is 0. The molecule has 1 aliphatic heterocycles. The zero-order valence-corrected chi connectivity index (χ0v) is 21.4. The summed E-state index contributed by atoms with van der Waals surface area (Å²) in [5.74, 6) is -0.491. The first-order chi connectivity index (χ1) is 17.6. The average Bonchev–Trinajstić information content (AvgIpc) is 3.43. The number of benzene rings is 2. The van der Waals surface area contributed by atoms with Crippen LogP contribution in [0, 0.1) is 12.8 Å². The third-order valence-electron chi connectivity index (χ3n) is 6.74. The molecule has 10 heteroatoms. The second-order valence-electron chi connectivity index (χ2n) is 9.27. The summed E-state index contributed by atoms with van der Waals surface area (Å²) in [6, 6.07) is 15.3. The van der Waals surface area contributed by atoms with Crippen molar-refractivity contribution in [1.82, 2.24) is 14.8 Å². The highest BCUT2D eigenvalue weighted by Crippen LogP contribution is 2.44. The van der Waals surface area contributed by atoms with Crippen LogP contribution in [-0.4, -0.2) is 26.4 Å². The average molecular weight is 547 g/mol. The molecule has 1 saturated carbocycles. The maximum atomic E-state index is 13.5. The van der Waals surface area contributed by atoms with E-state index in [-0.39, 0.29) is 18.2 Å². The van der Waals surface area contributed by atoms with E-state index in [0.717, 1.165) is 52.4 Å². The zero-order chi connectivity index (χ0) is 26.3. The van der Waals surface area contributed by atoms with Crippen LogP contribution in [0.2, 0.25) is 10.0 Å². The first kappa shape index (κ1) is 25.5. The van der Waals surface area contributed by atoms with E-state index in [0.29, 0.717) is 10.0 Å². The summed E-state index contributed by atoms with van der Waals surface area (Å²) >= 11 is 12.1. The maximum Gasteiger partial charge on any atom is 0.435 e. The lowest BCUT2D eigenvalue weighted by molar-refractivity contribution is -0.142. The summed E-state index contributed by atoms with van der Waals surface area (Å²) in [5.41, 5.74) is 2.91. The van der Waals surface area contributed by atoms with Gasteiger partial charge in [0.15, 0.2) is 5.69 Å². The van der Waals surface area contributed by atoms with Gasteiger partial charge in [0.05, 0.1) is 11.8 Å². The summed E-state index contributed by atoms with van der Waals surface area (Å²) in [4.78, 5) is 13.5. The van der Waals surface area contributed by atoms with Crippen LogP contribution in [0.5, 0.6) is 0 Å². The van der Waals surface area contributed by atoms with Gasteiger partial charge in [0.2, 0.25) is 0 Å². The number of nitrogens with zero attached hydrogens (tertiary/aromatic N) is 4. The van der Waals surface area contributed by atoms with E-state index in [4.69, 9.17) is 28.3 Å². The van der Waals surface area contributed by atoms with E-state index in [9.17, 15) is 18.0 Å². The molecule has 2 atom stereocenters. The molecular weight excluding hydrogens is 524 g/mol. The predicted octanol–water partition coefficient (Wildman–Crippen LogP) is 7.34. The van der Waals surface area contributed by atoms with Crippen LogP contribution in [0.15, 0.2) is 65.3 Å². The molecule has 5 rings (SSSR count). The highest BCUT2D eigenvalue weighted by molar-refractivity contribution is 6.30. The van der Waals surface area contributed by atoms with Gasteiger partial charge < -0.3 is 0 Å². The van der Waals surface area contributed by atoms with E-state index in [1.165, 1.54) is 11.9 Å². The molecule has 0 bridgehead atoms. The van der Waals surface area contributed by atoms with Gasteiger partial charge in [0.1, 0.15) is 6.54 Å². The number of rotatable bonds is 4. The highest BCUT2D eigenvalue weighted by Gasteiger charge is 2.44. The van der Waals surface area contributed by atoms with E-state index < -0.39 is 23.8 Å². The van der Waals surface area contributed by atoms with Gasteiger partial charge in [-0.3, -0.25) is 9.48 Å². The van der Waals surface area contributed by atoms with Gasteiger partial charge in [0, 0.05) is 21.7 Å². The highest BCUT2D eigenvalue weighted by atomic mass is 35.5. The van der Waals surface area contributed by atoms with E-state index >= 15 is 0 Å². The van der Waals surface area contributed by atoms with Gasteiger partial charge >= 0.3 is 6.18 Å². The van der Waals surface area contributed by atoms with Crippen molar-refractivity contribution in [1.29, 1.82) is 0 Å². The van der Waals surface area contributed by atoms with Crippen molar-refractivity contribution in [2.75, 3.05) is 0 Å². The summed E-state index contributed by atoms with van der Waals surface area (Å²) in [6.45, 7) is 1.14. The number of hydrogen-bond acceptors (Lipinski definition) is 3. The number of amides is 1. The Morgan fingerprint density at radius 3 is 2.35 bits per heavy atom. The van der Waals surface area contributed by atoms with Crippen molar-refractivity contribution in [2.24, 2.45) is 11.0 Å². The smallest absolute Gasteiger partial charge is 0.271 e. The lowest BCUT2D eigenvalue weighted by atomic mass is 9.77. The second-order valence-corrected chi connectivity index (χ2v) is 10.1. The molecule has 1 fully saturated rings. The van der Waals surface area contributed by atoms with Gasteiger partial charge in [-0.2, -0.15) is 23.4 Å². The molecule has 37 heavy (non-hydrogen) atoms. The van der Waals surface area contributed by atoms with Crippen molar-refractivity contribution in [3.05, 3.63) is 92.7 Å². The van der Waals surface area contributed by atoms with Crippen LogP contribution >= 0.6 is 23.2 Å². The normalized spacial score (nSPS) is 20.8. The molecule has 2 aliphatic rings. The summed E-state index contributed by atoms with van der Waals surface area (Å²) < 4.78 is 40.6. The molecular formula is C27H23Cl2F3N4O. The Morgan fingerprint density at radius 1 is 1.08 bits per heavy atom. The predicted molar refractivity (Wildman–Crippen MR) is 137 cm³/mol. The van der Waals surface area contributed by atoms with Crippen molar-refractivity contribution in [2.45, 2.75) is 44.9 Å². The monoisotopic (exact) mass is 546 g/mol. The molecule has 3 aromatic rings. The van der Waals surface area contributed by atoms with Gasteiger partial charge in [0.25, 0.3) is 5.91 Å². The van der Waals surface area contributed by atoms with E-state index in [1.54, 1.807) is 12.1 Å². The Hall–Kier alpha value is -3.10. The van der Waals surface area contributed by atoms with Crippen LogP contribution in [0.25, 0.3) is 6.08 Å². The molecule has 5 nitrogen and oxygen atoms in total. The minimum atomic E-state index is -4.59. The summed E-state index contributed by atoms with van der Waals surface area (Å²) in [6.07, 6.45) is 0.0202. The molecule has 192 valence electrons. The minimum Gasteiger partial charge on any atom is -0.271 e. The molecule has 1 aromatic heterocycles. The van der Waals surface area contributed by atoms with Crippen molar-refractivity contribution >= 4 is 40.9 Å². The minimum absolute atomic E-state index is 0.0538. The number of alkyl halides is 3. The van der Waals surface area contributed by atoms with Crippen LogP contribution in [-0.2, 0) is 17.5 Å². The van der Waals surface area contributed by atoms with Crippen molar-refractivity contribution < 1.29 is 18.0 Å². The second kappa shape index (κ2) is 9.99. The summed E-state index contributed by atoms with van der Waals surface area (Å²) in [5, 5.41) is 11.0. The zero-order valence-electron chi connectivity index (χ0n) is 19.8. The van der Waals surface area contributed by atoms with Crippen LogP contribution < -0.4 is 0 Å². The Bertz CT molecular complexity index is 1380. The third kappa shape index (κ3) is 5.31. The van der Waals surface area contributed by atoms with Crippen molar-refractivity contribution in [3.8, 4) is 0 Å². The largest absolute Gasteiger partial charge is 0.435 e. The quantitative estimate of drug-likeness (QED) is 0.343. The number of allylic oxidation sites excluding steroid dienone is 1. The maximum absolute atomic E-state index is 13.5. The fraction of sp³-hybridized carbons (Fsp3) is 0.296. The number of fused-ring (bicyclic) bond motifs is 1. The topological polar surface area (TPSA) is 50.5 Å². The molecule has 0 N–H and O–H groups in total. The molecule has 1 aliphatic carbocycles. The molecule has 0 radical (unpaired) electrons. The van der Waals surface area contributed by atoms with E-state index in [2.05, 4.69) is 11.2 Å². The molecule has 2 aromatic carbocycles. The third-order valence-corrected chi connectivity index (χ3v) is 7.24. The van der Waals surface area contributed by atoms with Gasteiger partial charge in [-0.25, -0.2) is 5.01 Å². The molecule has 0 spiro atoms. The van der Waals surface area contributed by atoms with Crippen molar-refractivity contribution in [3.63, 3.8) is 0 Å². The number of carbonyl (C=O) groups excluding carboxylic acids is 1. The van der Waals surface area contributed by atoms with Crippen LogP contribution in [0.3, 0.4) is 0 Å². The molecule has 0 unspecified atom stereocenters. The number of hydrazone groups is 1. The molecule has 0 saturated heterocycles. The van der Waals surface area contributed by atoms with Gasteiger partial charge in [-0.1, -0.05) is 47.5 Å². The Kier molecular flexibility index (Phi) is 6.89. The fourth-order valence-electron chi connectivity index (χ4n) is 4.97. The number of aryl methyl sites for hydroxylation is 1. The number of carbonyl (C=O) groups is 1. The SMILES string of the molecule is Cc1cc(C(F)(F)F)nn1CC(=O)N1N=C2/C(=C\c3ccc(Cl)cc3)CCC[C@@H]2[C@H]1c1ccc(Cl)cc1. The number of halogens is 5. The first-order valence-electron chi connectivity index (χ1n) is 11.8. The van der Waals surface area contributed by atoms with E-state index in [1.807, 2.05) is 36.4 Å². The Morgan fingerprint density at radius 2 is 1.73 bits per heavy atom. The standard InChI is InChI=1S/C27H23Cl2F3N4O/c1-16-13-23(27(30,31)32)33-35(16)15-24(37)36-26(18-7-11-21(29)12-8-18)22-4-2-3-19(25(22)34-36)14-17-5-9-20(28)10-6-17/h5-14,22,26H,2-4,15H2,1H3/b19-14-/t22-,26+/m0/s1. The molecule has 1 amide bonds. The first-order valence-corrected chi connectivity index (χ1v) is 12.6. The Balaban J connectivity index is 1.51. The van der Waals surface area contributed by atoms with Crippen LogP contribution in [0.1, 0.15) is 47.8 Å². The Labute approximate surface area is 222 Å². The number of aromatic nitrogens is 2. The lowest BCUT2D eigenvalue weighted by Crippen LogP contribution is -2.34. The summed E-state index contributed by atoms with van der Waals surface area (Å²) in [7, 11) is 0. The lowest BCUT2D eigenvalue weighted by Gasteiger charge is -2.29. The molecule has 2 heterocycles. The van der Waals surface area contributed by atoms with Gasteiger partial charge in [-0.15, -0.1) is 0 Å². The van der Waals surface area contributed by atoms with Crippen LogP contribution in [0.4, 0.5) is 13.2 Å². The van der Waals surface area contributed by atoms with Gasteiger partial charge in [-0.05, 0) is 79.3 Å². The fourth-order valence-corrected chi connectivity index (χ4v) is 5.22.